The summed E-state index contributed by atoms with van der Waals surface area (Å²) in [5.74, 6) is -0.367. The van der Waals surface area contributed by atoms with Crippen molar-refractivity contribution in [2.75, 3.05) is 26.0 Å². The predicted molar refractivity (Wildman–Crippen MR) is 58.2 cm³/mol. The van der Waals surface area contributed by atoms with Crippen LogP contribution >= 0.6 is 0 Å². The van der Waals surface area contributed by atoms with Crippen LogP contribution in [-0.2, 0) is 0 Å². The molecular weight excluding hydrogens is 195 g/mol. The summed E-state index contributed by atoms with van der Waals surface area (Å²) in [5.41, 5.74) is -0.250. The molecule has 0 fully saturated rings. The summed E-state index contributed by atoms with van der Waals surface area (Å²) in [7, 11) is 3.94. The van der Waals surface area contributed by atoms with Crippen LogP contribution in [0.5, 0.6) is 0 Å². The third-order valence-corrected chi connectivity index (χ3v) is 1.82. The smallest absolute Gasteiger partial charge is 0.255 e. The van der Waals surface area contributed by atoms with Crippen LogP contribution in [0.2, 0.25) is 0 Å². The lowest BCUT2D eigenvalue weighted by Gasteiger charge is -2.29. The molecule has 0 aliphatic heterocycles. The topological polar surface area (TPSA) is 41.0 Å². The van der Waals surface area contributed by atoms with E-state index in [0.29, 0.717) is 0 Å². The number of hydrogen-bond donors (Lipinski definition) is 1. The lowest BCUT2D eigenvalue weighted by molar-refractivity contribution is 0.332. The van der Waals surface area contributed by atoms with Crippen molar-refractivity contribution in [3.63, 3.8) is 0 Å². The molecule has 0 aromatic carbocycles. The average molecular weight is 212 g/mol. The number of aromatic nitrogens is 2. The van der Waals surface area contributed by atoms with Gasteiger partial charge in [-0.3, -0.25) is 0 Å². The van der Waals surface area contributed by atoms with Crippen molar-refractivity contribution in [1.82, 2.24) is 14.9 Å². The molecule has 0 aliphatic carbocycles. The van der Waals surface area contributed by atoms with Crippen molar-refractivity contribution < 1.29 is 4.39 Å². The Kier molecular flexibility index (Phi) is 3.57. The SMILES string of the molecule is CN(C)CC(C)(C)Nc1nccnc1F. The van der Waals surface area contributed by atoms with Crippen LogP contribution in [-0.4, -0.2) is 41.0 Å². The van der Waals surface area contributed by atoms with E-state index in [-0.39, 0.29) is 11.4 Å². The Labute approximate surface area is 89.5 Å². The summed E-state index contributed by atoms with van der Waals surface area (Å²) in [6, 6.07) is 0. The molecule has 0 radical (unpaired) electrons. The maximum atomic E-state index is 13.2. The van der Waals surface area contributed by atoms with Crippen LogP contribution in [0.15, 0.2) is 12.4 Å². The van der Waals surface area contributed by atoms with Gasteiger partial charge < -0.3 is 10.2 Å². The molecule has 0 spiro atoms. The van der Waals surface area contributed by atoms with Gasteiger partial charge in [0.1, 0.15) is 0 Å². The van der Waals surface area contributed by atoms with Gasteiger partial charge in [-0.15, -0.1) is 0 Å². The predicted octanol–water partition coefficient (Wildman–Crippen LogP) is 1.37. The lowest BCUT2D eigenvalue weighted by atomic mass is 10.1. The quantitative estimate of drug-likeness (QED) is 0.818. The van der Waals surface area contributed by atoms with Gasteiger partial charge >= 0.3 is 0 Å². The van der Waals surface area contributed by atoms with Crippen LogP contribution in [0.4, 0.5) is 10.2 Å². The summed E-state index contributed by atoms with van der Waals surface area (Å²) in [6.45, 7) is 4.76. The molecule has 0 aliphatic rings. The zero-order chi connectivity index (χ0) is 11.5. The summed E-state index contributed by atoms with van der Waals surface area (Å²) in [6.07, 6.45) is 2.80. The molecule has 1 N–H and O–H groups in total. The number of rotatable bonds is 4. The molecule has 0 saturated carbocycles. The third-order valence-electron chi connectivity index (χ3n) is 1.82. The van der Waals surface area contributed by atoms with Crippen molar-refractivity contribution in [2.45, 2.75) is 19.4 Å². The van der Waals surface area contributed by atoms with Crippen LogP contribution in [0.1, 0.15) is 13.8 Å². The largest absolute Gasteiger partial charge is 0.360 e. The highest BCUT2D eigenvalue weighted by Gasteiger charge is 2.20. The second-order valence-corrected chi connectivity index (χ2v) is 4.44. The third kappa shape index (κ3) is 3.79. The highest BCUT2D eigenvalue weighted by molar-refractivity contribution is 5.35. The summed E-state index contributed by atoms with van der Waals surface area (Å²) in [4.78, 5) is 9.47. The molecule has 1 aromatic rings. The van der Waals surface area contributed by atoms with E-state index in [0.717, 1.165) is 6.54 Å². The first-order chi connectivity index (χ1) is 6.91. The van der Waals surface area contributed by atoms with Crippen molar-refractivity contribution in [3.8, 4) is 0 Å². The van der Waals surface area contributed by atoms with Gasteiger partial charge in [-0.2, -0.15) is 4.39 Å². The van der Waals surface area contributed by atoms with E-state index in [4.69, 9.17) is 0 Å². The van der Waals surface area contributed by atoms with Crippen LogP contribution < -0.4 is 5.32 Å². The first-order valence-corrected chi connectivity index (χ1v) is 4.80. The maximum Gasteiger partial charge on any atom is 0.255 e. The van der Waals surface area contributed by atoms with Gasteiger partial charge in [0.2, 0.25) is 0 Å². The van der Waals surface area contributed by atoms with Crippen LogP contribution in [0.25, 0.3) is 0 Å². The minimum Gasteiger partial charge on any atom is -0.360 e. The first kappa shape index (κ1) is 11.8. The van der Waals surface area contributed by atoms with E-state index in [1.807, 2.05) is 32.8 Å². The van der Waals surface area contributed by atoms with Gasteiger partial charge in [0, 0.05) is 24.5 Å². The molecule has 1 rings (SSSR count). The fraction of sp³-hybridized carbons (Fsp3) is 0.600. The van der Waals surface area contributed by atoms with E-state index >= 15 is 0 Å². The molecule has 1 heterocycles. The van der Waals surface area contributed by atoms with Crippen molar-refractivity contribution in [2.24, 2.45) is 0 Å². The maximum absolute atomic E-state index is 13.2. The average Bonchev–Trinajstić information content (AvgIpc) is 2.06. The van der Waals surface area contributed by atoms with Gasteiger partial charge in [0.15, 0.2) is 5.82 Å². The Morgan fingerprint density at radius 2 is 1.93 bits per heavy atom. The highest BCUT2D eigenvalue weighted by Crippen LogP contribution is 2.14. The van der Waals surface area contributed by atoms with E-state index < -0.39 is 5.95 Å². The van der Waals surface area contributed by atoms with Crippen LogP contribution in [0, 0.1) is 5.95 Å². The standard InChI is InChI=1S/C10H17FN4/c1-10(2,7-15(3)4)14-9-8(11)12-5-6-13-9/h5-6H,7H2,1-4H3,(H,13,14). The summed E-state index contributed by atoms with van der Waals surface area (Å²) < 4.78 is 13.2. The number of likely N-dealkylation sites (N-methyl/N-ethyl adjacent to an activating group) is 1. The van der Waals surface area contributed by atoms with Crippen molar-refractivity contribution in [1.29, 1.82) is 0 Å². The number of hydrogen-bond acceptors (Lipinski definition) is 4. The Morgan fingerprint density at radius 3 is 2.47 bits per heavy atom. The number of nitrogens with zero attached hydrogens (tertiary/aromatic N) is 3. The second-order valence-electron chi connectivity index (χ2n) is 4.44. The van der Waals surface area contributed by atoms with Crippen molar-refractivity contribution in [3.05, 3.63) is 18.3 Å². The van der Waals surface area contributed by atoms with Gasteiger partial charge in [-0.1, -0.05) is 0 Å². The Bertz CT molecular complexity index is 325. The fourth-order valence-electron chi connectivity index (χ4n) is 1.56. The molecule has 0 unspecified atom stereocenters. The Morgan fingerprint density at radius 1 is 1.33 bits per heavy atom. The Hall–Kier alpha value is -1.23. The van der Waals surface area contributed by atoms with E-state index in [2.05, 4.69) is 15.3 Å². The van der Waals surface area contributed by atoms with Gasteiger partial charge in [-0.25, -0.2) is 9.97 Å². The zero-order valence-electron chi connectivity index (χ0n) is 9.58. The highest BCUT2D eigenvalue weighted by atomic mass is 19.1. The normalized spacial score (nSPS) is 11.9. The molecule has 5 heteroatoms. The van der Waals surface area contributed by atoms with E-state index in [9.17, 15) is 4.39 Å². The van der Waals surface area contributed by atoms with Gasteiger partial charge in [-0.05, 0) is 27.9 Å². The molecule has 15 heavy (non-hydrogen) atoms. The van der Waals surface area contributed by atoms with Gasteiger partial charge in [0.25, 0.3) is 5.95 Å². The monoisotopic (exact) mass is 212 g/mol. The van der Waals surface area contributed by atoms with E-state index in [1.165, 1.54) is 12.4 Å². The summed E-state index contributed by atoms with van der Waals surface area (Å²) in [5, 5.41) is 3.03. The lowest BCUT2D eigenvalue weighted by Crippen LogP contribution is -2.42. The molecule has 0 bridgehead atoms. The fourth-order valence-corrected chi connectivity index (χ4v) is 1.56. The van der Waals surface area contributed by atoms with Crippen LogP contribution in [0.3, 0.4) is 0 Å². The van der Waals surface area contributed by atoms with E-state index in [1.54, 1.807) is 0 Å². The molecule has 0 amide bonds. The molecule has 0 atom stereocenters. The molecule has 84 valence electrons. The number of anilines is 1. The molecular formula is C10H17FN4. The molecule has 0 saturated heterocycles. The Balaban J connectivity index is 2.73. The minimum atomic E-state index is -0.565. The first-order valence-electron chi connectivity index (χ1n) is 4.80. The second kappa shape index (κ2) is 4.53. The van der Waals surface area contributed by atoms with Gasteiger partial charge in [0.05, 0.1) is 0 Å². The number of halogens is 1. The minimum absolute atomic E-state index is 0.198. The summed E-state index contributed by atoms with van der Waals surface area (Å²) >= 11 is 0. The molecule has 1 aromatic heterocycles. The molecule has 4 nitrogen and oxygen atoms in total. The number of nitrogens with one attached hydrogen (secondary N) is 1. The zero-order valence-corrected chi connectivity index (χ0v) is 9.58. The van der Waals surface area contributed by atoms with Crippen molar-refractivity contribution >= 4 is 5.82 Å².